The number of hydrogen-bond acceptors (Lipinski definition) is 2. The maximum atomic E-state index is 4.59. The van der Waals surface area contributed by atoms with E-state index in [1.807, 2.05) is 0 Å². The molecule has 74 valence electrons. The fraction of sp³-hybridized carbons (Fsp3) is 0.909. The van der Waals surface area contributed by atoms with Gasteiger partial charge in [0.1, 0.15) is 0 Å². The summed E-state index contributed by atoms with van der Waals surface area (Å²) in [6.45, 7) is 6.97. The lowest BCUT2D eigenvalue weighted by Crippen LogP contribution is -2.37. The van der Waals surface area contributed by atoms with Gasteiger partial charge in [0.2, 0.25) is 0 Å². The predicted octanol–water partition coefficient (Wildman–Crippen LogP) is 2.30. The molecule has 0 spiro atoms. The maximum Gasteiger partial charge on any atom is 0.0992 e. The monoisotopic (exact) mass is 180 g/mol. The van der Waals surface area contributed by atoms with E-state index >= 15 is 0 Å². The molecule has 13 heavy (non-hydrogen) atoms. The van der Waals surface area contributed by atoms with E-state index < -0.39 is 0 Å². The summed E-state index contributed by atoms with van der Waals surface area (Å²) in [4.78, 5) is 7.15. The summed E-state index contributed by atoms with van der Waals surface area (Å²) < 4.78 is 0. The third-order valence-electron chi connectivity index (χ3n) is 3.07. The zero-order valence-corrected chi connectivity index (χ0v) is 8.79. The van der Waals surface area contributed by atoms with Crippen molar-refractivity contribution in [3.63, 3.8) is 0 Å². The molecule has 1 atom stereocenters. The van der Waals surface area contributed by atoms with Gasteiger partial charge in [-0.25, -0.2) is 0 Å². The zero-order chi connectivity index (χ0) is 9.26. The van der Waals surface area contributed by atoms with Crippen LogP contribution in [0.25, 0.3) is 0 Å². The normalized spacial score (nSPS) is 27.8. The molecular formula is C11H20N2. The van der Waals surface area contributed by atoms with Gasteiger partial charge in [-0.15, -0.1) is 0 Å². The SMILES string of the molecule is CC(C)CC1CCC2=NCCCN21. The maximum absolute atomic E-state index is 4.59. The van der Waals surface area contributed by atoms with Gasteiger partial charge in [0.25, 0.3) is 0 Å². The Morgan fingerprint density at radius 1 is 1.54 bits per heavy atom. The van der Waals surface area contributed by atoms with Crippen molar-refractivity contribution in [2.45, 2.75) is 45.6 Å². The number of hydrogen-bond donors (Lipinski definition) is 0. The summed E-state index contributed by atoms with van der Waals surface area (Å²) in [5, 5.41) is 0. The Bertz CT molecular complexity index is 208. The van der Waals surface area contributed by atoms with Crippen LogP contribution in [0.4, 0.5) is 0 Å². The molecule has 0 saturated carbocycles. The molecule has 0 aliphatic carbocycles. The molecule has 2 heteroatoms. The van der Waals surface area contributed by atoms with Crippen LogP contribution in [0.5, 0.6) is 0 Å². The molecule has 1 fully saturated rings. The van der Waals surface area contributed by atoms with Gasteiger partial charge < -0.3 is 4.90 Å². The number of rotatable bonds is 2. The van der Waals surface area contributed by atoms with Crippen molar-refractivity contribution in [1.29, 1.82) is 0 Å². The van der Waals surface area contributed by atoms with Crippen molar-refractivity contribution < 1.29 is 0 Å². The van der Waals surface area contributed by atoms with Gasteiger partial charge in [0, 0.05) is 25.6 Å². The first kappa shape index (κ1) is 9.04. The van der Waals surface area contributed by atoms with E-state index in [1.54, 1.807) is 0 Å². The number of aliphatic imine (C=N–C) groups is 1. The molecule has 0 aromatic carbocycles. The number of fused-ring (bicyclic) bond motifs is 1. The van der Waals surface area contributed by atoms with Gasteiger partial charge in [-0.2, -0.15) is 0 Å². The lowest BCUT2D eigenvalue weighted by Gasteiger charge is -2.30. The molecule has 0 radical (unpaired) electrons. The molecule has 1 unspecified atom stereocenters. The molecule has 0 bridgehead atoms. The van der Waals surface area contributed by atoms with Gasteiger partial charge in [-0.3, -0.25) is 4.99 Å². The Balaban J connectivity index is 2.00. The van der Waals surface area contributed by atoms with E-state index in [0.29, 0.717) is 0 Å². The Labute approximate surface area is 81.0 Å². The smallest absolute Gasteiger partial charge is 0.0992 e. The molecular weight excluding hydrogens is 160 g/mol. The third-order valence-corrected chi connectivity index (χ3v) is 3.07. The topological polar surface area (TPSA) is 15.6 Å². The molecule has 0 aromatic heterocycles. The van der Waals surface area contributed by atoms with Crippen molar-refractivity contribution in [1.82, 2.24) is 4.90 Å². The van der Waals surface area contributed by atoms with E-state index in [4.69, 9.17) is 0 Å². The van der Waals surface area contributed by atoms with Crippen molar-refractivity contribution in [2.75, 3.05) is 13.1 Å². The molecule has 2 aliphatic rings. The average Bonchev–Trinajstić information content (AvgIpc) is 2.48. The molecule has 0 amide bonds. The van der Waals surface area contributed by atoms with Crippen LogP contribution in [0.1, 0.15) is 39.5 Å². The van der Waals surface area contributed by atoms with E-state index in [1.165, 1.54) is 38.1 Å². The van der Waals surface area contributed by atoms with Crippen LogP contribution in [0.2, 0.25) is 0 Å². The number of nitrogens with zero attached hydrogens (tertiary/aromatic N) is 2. The Hall–Kier alpha value is -0.530. The van der Waals surface area contributed by atoms with Crippen LogP contribution >= 0.6 is 0 Å². The minimum Gasteiger partial charge on any atom is -0.357 e. The molecule has 2 nitrogen and oxygen atoms in total. The van der Waals surface area contributed by atoms with Gasteiger partial charge in [-0.05, 0) is 25.2 Å². The second-order valence-electron chi connectivity index (χ2n) is 4.67. The van der Waals surface area contributed by atoms with Gasteiger partial charge in [0.15, 0.2) is 0 Å². The highest BCUT2D eigenvalue weighted by molar-refractivity contribution is 5.85. The van der Waals surface area contributed by atoms with Crippen molar-refractivity contribution in [2.24, 2.45) is 10.9 Å². The zero-order valence-electron chi connectivity index (χ0n) is 8.79. The standard InChI is InChI=1S/C11H20N2/c1-9(2)8-10-4-5-11-12-6-3-7-13(10)11/h9-10H,3-8H2,1-2H3. The van der Waals surface area contributed by atoms with E-state index in [0.717, 1.165) is 18.5 Å². The molecule has 0 aromatic rings. The molecule has 1 saturated heterocycles. The van der Waals surface area contributed by atoms with Crippen LogP contribution in [0, 0.1) is 5.92 Å². The second-order valence-corrected chi connectivity index (χ2v) is 4.67. The van der Waals surface area contributed by atoms with Crippen LogP contribution in [0.15, 0.2) is 4.99 Å². The van der Waals surface area contributed by atoms with Crippen molar-refractivity contribution in [3.05, 3.63) is 0 Å². The minimum atomic E-state index is 0.805. The van der Waals surface area contributed by atoms with E-state index in [9.17, 15) is 0 Å². The summed E-state index contributed by atoms with van der Waals surface area (Å²) in [5.74, 6) is 2.23. The first-order valence-electron chi connectivity index (χ1n) is 5.57. The first-order valence-corrected chi connectivity index (χ1v) is 5.57. The first-order chi connectivity index (χ1) is 6.27. The van der Waals surface area contributed by atoms with Gasteiger partial charge in [0.05, 0.1) is 5.84 Å². The summed E-state index contributed by atoms with van der Waals surface area (Å²) in [6.07, 6.45) is 5.19. The Morgan fingerprint density at radius 3 is 3.15 bits per heavy atom. The van der Waals surface area contributed by atoms with Crippen LogP contribution < -0.4 is 0 Å². The second kappa shape index (κ2) is 3.69. The van der Waals surface area contributed by atoms with Crippen molar-refractivity contribution >= 4 is 5.84 Å². The molecule has 0 N–H and O–H groups in total. The lowest BCUT2D eigenvalue weighted by molar-refractivity contribution is 0.282. The highest BCUT2D eigenvalue weighted by Crippen LogP contribution is 2.27. The minimum absolute atomic E-state index is 0.805. The third kappa shape index (κ3) is 1.87. The van der Waals surface area contributed by atoms with E-state index in [2.05, 4.69) is 23.7 Å². The van der Waals surface area contributed by atoms with Crippen LogP contribution in [-0.2, 0) is 0 Å². The van der Waals surface area contributed by atoms with Gasteiger partial charge in [-0.1, -0.05) is 13.8 Å². The van der Waals surface area contributed by atoms with Crippen molar-refractivity contribution in [3.8, 4) is 0 Å². The lowest BCUT2D eigenvalue weighted by atomic mass is 10.0. The Morgan fingerprint density at radius 2 is 2.38 bits per heavy atom. The fourth-order valence-electron chi connectivity index (χ4n) is 2.53. The quantitative estimate of drug-likeness (QED) is 0.636. The van der Waals surface area contributed by atoms with Crippen LogP contribution in [0.3, 0.4) is 0 Å². The predicted molar refractivity (Wildman–Crippen MR) is 56.1 cm³/mol. The Kier molecular flexibility index (Phi) is 2.56. The fourth-order valence-corrected chi connectivity index (χ4v) is 2.53. The summed E-state index contributed by atoms with van der Waals surface area (Å²) >= 11 is 0. The molecule has 2 heterocycles. The van der Waals surface area contributed by atoms with Crippen LogP contribution in [-0.4, -0.2) is 29.9 Å². The largest absolute Gasteiger partial charge is 0.357 e. The van der Waals surface area contributed by atoms with E-state index in [-0.39, 0.29) is 0 Å². The van der Waals surface area contributed by atoms with Gasteiger partial charge >= 0.3 is 0 Å². The molecule has 2 rings (SSSR count). The highest BCUT2D eigenvalue weighted by atomic mass is 15.2. The molecule has 2 aliphatic heterocycles. The summed E-state index contributed by atoms with van der Waals surface area (Å²) in [6, 6.07) is 0.805. The number of amidine groups is 1. The summed E-state index contributed by atoms with van der Waals surface area (Å²) in [7, 11) is 0. The highest BCUT2D eigenvalue weighted by Gasteiger charge is 2.30. The summed E-state index contributed by atoms with van der Waals surface area (Å²) in [5.41, 5.74) is 0. The average molecular weight is 180 g/mol.